The molecule has 0 spiro atoms. The lowest BCUT2D eigenvalue weighted by molar-refractivity contribution is -0.137. The van der Waals surface area contributed by atoms with E-state index in [1.807, 2.05) is 13.0 Å². The fourth-order valence-corrected chi connectivity index (χ4v) is 3.41. The summed E-state index contributed by atoms with van der Waals surface area (Å²) >= 11 is 0. The van der Waals surface area contributed by atoms with Crippen LogP contribution in [-0.2, 0) is 6.18 Å². The summed E-state index contributed by atoms with van der Waals surface area (Å²) in [7, 11) is 0. The second-order valence-corrected chi connectivity index (χ2v) is 7.30. The van der Waals surface area contributed by atoms with Gasteiger partial charge in [-0.1, -0.05) is 19.1 Å². The van der Waals surface area contributed by atoms with Gasteiger partial charge < -0.3 is 15.3 Å². The number of halogens is 3. The van der Waals surface area contributed by atoms with E-state index < -0.39 is 11.7 Å². The zero-order chi connectivity index (χ0) is 20.1. The van der Waals surface area contributed by atoms with Crippen LogP contribution in [0.1, 0.15) is 36.8 Å². The zero-order valence-corrected chi connectivity index (χ0v) is 15.8. The molecule has 1 aromatic heterocycles. The summed E-state index contributed by atoms with van der Waals surface area (Å²) in [5.41, 5.74) is 0.191. The maximum atomic E-state index is 12.7. The van der Waals surface area contributed by atoms with E-state index in [0.717, 1.165) is 49.4 Å². The second-order valence-electron chi connectivity index (χ2n) is 7.30. The highest BCUT2D eigenvalue weighted by atomic mass is 19.4. The summed E-state index contributed by atoms with van der Waals surface area (Å²) in [5.74, 6) is 1.78. The van der Waals surface area contributed by atoms with Crippen LogP contribution in [0.5, 0.6) is 0 Å². The first-order valence-electron chi connectivity index (χ1n) is 9.45. The lowest BCUT2D eigenvalue weighted by Gasteiger charge is -2.32. The molecular formula is C20H25F3N4O. The summed E-state index contributed by atoms with van der Waals surface area (Å²) < 4.78 is 38.1. The molecule has 0 saturated carbocycles. The van der Waals surface area contributed by atoms with Crippen LogP contribution in [-0.4, -0.2) is 41.3 Å². The molecule has 2 N–H and O–H groups in total. The molecule has 1 fully saturated rings. The molecule has 28 heavy (non-hydrogen) atoms. The van der Waals surface area contributed by atoms with Crippen molar-refractivity contribution in [3.8, 4) is 0 Å². The van der Waals surface area contributed by atoms with Crippen LogP contribution in [0.4, 0.5) is 24.8 Å². The lowest BCUT2D eigenvalue weighted by atomic mass is 9.99. The normalized spacial score (nSPS) is 18.8. The summed E-state index contributed by atoms with van der Waals surface area (Å²) in [6, 6.07) is 7.14. The summed E-state index contributed by atoms with van der Waals surface area (Å²) in [6.07, 6.45) is -0.777. The third kappa shape index (κ3) is 5.13. The van der Waals surface area contributed by atoms with Crippen molar-refractivity contribution in [2.45, 2.75) is 31.9 Å². The van der Waals surface area contributed by atoms with Gasteiger partial charge in [0.05, 0.1) is 5.56 Å². The first kappa shape index (κ1) is 20.4. The van der Waals surface area contributed by atoms with Gasteiger partial charge >= 0.3 is 6.18 Å². The van der Waals surface area contributed by atoms with E-state index in [4.69, 9.17) is 0 Å². The first-order chi connectivity index (χ1) is 13.4. The van der Waals surface area contributed by atoms with Gasteiger partial charge in [-0.15, -0.1) is 0 Å². The topological polar surface area (TPSA) is 61.3 Å². The third-order valence-electron chi connectivity index (χ3n) is 5.15. The molecule has 5 nitrogen and oxygen atoms in total. The van der Waals surface area contributed by atoms with Crippen molar-refractivity contribution >= 4 is 11.6 Å². The van der Waals surface area contributed by atoms with Crippen molar-refractivity contribution in [1.29, 1.82) is 0 Å². The Morgan fingerprint density at radius 2 is 2.00 bits per heavy atom. The van der Waals surface area contributed by atoms with Gasteiger partial charge in [-0.2, -0.15) is 13.2 Å². The Bertz CT molecular complexity index is 767. The number of aliphatic hydroxyl groups excluding tert-OH is 1. The highest BCUT2D eigenvalue weighted by Crippen LogP contribution is 2.30. The van der Waals surface area contributed by atoms with E-state index in [9.17, 15) is 18.3 Å². The second kappa shape index (κ2) is 8.77. The quantitative estimate of drug-likeness (QED) is 0.778. The van der Waals surface area contributed by atoms with Crippen LogP contribution in [0.3, 0.4) is 0 Å². The van der Waals surface area contributed by atoms with E-state index in [0.29, 0.717) is 12.4 Å². The Morgan fingerprint density at radius 3 is 2.68 bits per heavy atom. The van der Waals surface area contributed by atoms with Crippen LogP contribution < -0.4 is 10.2 Å². The smallest absolute Gasteiger partial charge is 0.396 e. The Kier molecular flexibility index (Phi) is 6.39. The van der Waals surface area contributed by atoms with E-state index >= 15 is 0 Å². The van der Waals surface area contributed by atoms with Crippen LogP contribution in [0.15, 0.2) is 36.7 Å². The van der Waals surface area contributed by atoms with E-state index in [2.05, 4.69) is 20.2 Å². The Labute approximate surface area is 162 Å². The Balaban J connectivity index is 1.60. The molecule has 0 bridgehead atoms. The standard InChI is InChI=1S/C20H25F3N4O/c1-14(16-4-6-17(7-5-16)20(21,22)23)10-24-18-9-19(26-13-25-18)27-8-2-3-15(11-27)12-28/h4-7,9,13-15,28H,2-3,8,10-12H2,1H3,(H,24,25,26). The van der Waals surface area contributed by atoms with Crippen molar-refractivity contribution in [3.05, 3.63) is 47.8 Å². The van der Waals surface area contributed by atoms with Gasteiger partial charge in [0.25, 0.3) is 0 Å². The van der Waals surface area contributed by atoms with Crippen molar-refractivity contribution in [2.75, 3.05) is 36.5 Å². The number of anilines is 2. The highest BCUT2D eigenvalue weighted by molar-refractivity contribution is 5.49. The van der Waals surface area contributed by atoms with Crippen molar-refractivity contribution in [3.63, 3.8) is 0 Å². The Hall–Kier alpha value is -2.35. The van der Waals surface area contributed by atoms with Gasteiger partial charge in [0, 0.05) is 32.3 Å². The number of aliphatic hydroxyl groups is 1. The minimum absolute atomic E-state index is 0.0226. The molecule has 1 aliphatic rings. The molecule has 152 valence electrons. The molecular weight excluding hydrogens is 369 g/mol. The Morgan fingerprint density at radius 1 is 1.25 bits per heavy atom. The van der Waals surface area contributed by atoms with Gasteiger partial charge in [0.2, 0.25) is 0 Å². The maximum absolute atomic E-state index is 12.7. The van der Waals surface area contributed by atoms with Crippen LogP contribution in [0.25, 0.3) is 0 Å². The fraction of sp³-hybridized carbons (Fsp3) is 0.500. The predicted octanol–water partition coefficient (Wildman–Crippen LogP) is 3.92. The molecule has 2 atom stereocenters. The molecule has 2 unspecified atom stereocenters. The first-order valence-corrected chi connectivity index (χ1v) is 9.45. The number of hydrogen-bond donors (Lipinski definition) is 2. The molecule has 0 aliphatic carbocycles. The number of hydrogen-bond acceptors (Lipinski definition) is 5. The number of rotatable bonds is 6. The number of nitrogens with one attached hydrogen (secondary N) is 1. The largest absolute Gasteiger partial charge is 0.416 e. The molecule has 8 heteroatoms. The number of nitrogens with zero attached hydrogens (tertiary/aromatic N) is 3. The number of piperidine rings is 1. The fourth-order valence-electron chi connectivity index (χ4n) is 3.41. The number of aromatic nitrogens is 2. The van der Waals surface area contributed by atoms with Gasteiger partial charge in [-0.25, -0.2) is 9.97 Å². The number of benzene rings is 1. The van der Waals surface area contributed by atoms with E-state index in [1.165, 1.54) is 18.5 Å². The van der Waals surface area contributed by atoms with Crippen molar-refractivity contribution in [2.24, 2.45) is 5.92 Å². The van der Waals surface area contributed by atoms with Gasteiger partial charge in [-0.05, 0) is 42.4 Å². The molecule has 0 amide bonds. The van der Waals surface area contributed by atoms with Crippen molar-refractivity contribution in [1.82, 2.24) is 9.97 Å². The SMILES string of the molecule is CC(CNc1cc(N2CCCC(CO)C2)ncn1)c1ccc(C(F)(F)F)cc1. The molecule has 1 aromatic carbocycles. The lowest BCUT2D eigenvalue weighted by Crippen LogP contribution is -2.37. The van der Waals surface area contributed by atoms with Crippen LogP contribution in [0, 0.1) is 5.92 Å². The molecule has 2 heterocycles. The summed E-state index contributed by atoms with van der Waals surface area (Å²) in [5, 5.41) is 12.6. The third-order valence-corrected chi connectivity index (χ3v) is 5.15. The highest BCUT2D eigenvalue weighted by Gasteiger charge is 2.30. The van der Waals surface area contributed by atoms with Crippen LogP contribution in [0.2, 0.25) is 0 Å². The minimum Gasteiger partial charge on any atom is -0.396 e. The average molecular weight is 394 g/mol. The van der Waals surface area contributed by atoms with E-state index in [-0.39, 0.29) is 18.4 Å². The monoisotopic (exact) mass is 394 g/mol. The maximum Gasteiger partial charge on any atom is 0.416 e. The zero-order valence-electron chi connectivity index (χ0n) is 15.8. The van der Waals surface area contributed by atoms with Gasteiger partial charge in [-0.3, -0.25) is 0 Å². The van der Waals surface area contributed by atoms with Crippen LogP contribution >= 0.6 is 0 Å². The molecule has 1 saturated heterocycles. The summed E-state index contributed by atoms with van der Waals surface area (Å²) in [4.78, 5) is 10.7. The predicted molar refractivity (Wildman–Crippen MR) is 102 cm³/mol. The van der Waals surface area contributed by atoms with Crippen molar-refractivity contribution < 1.29 is 18.3 Å². The number of alkyl halides is 3. The minimum atomic E-state index is -4.32. The molecule has 3 rings (SSSR count). The summed E-state index contributed by atoms with van der Waals surface area (Å²) in [6.45, 7) is 4.34. The van der Waals surface area contributed by atoms with Gasteiger partial charge in [0.15, 0.2) is 0 Å². The molecule has 1 aliphatic heterocycles. The van der Waals surface area contributed by atoms with Gasteiger partial charge in [0.1, 0.15) is 18.0 Å². The molecule has 0 radical (unpaired) electrons. The average Bonchev–Trinajstić information content (AvgIpc) is 2.71. The molecule has 2 aromatic rings. The van der Waals surface area contributed by atoms with E-state index in [1.54, 1.807) is 0 Å².